The first-order valence-corrected chi connectivity index (χ1v) is 6.85. The van der Waals surface area contributed by atoms with E-state index in [1.165, 1.54) is 13.4 Å². The van der Waals surface area contributed by atoms with Crippen LogP contribution in [-0.4, -0.2) is 31.6 Å². The quantitative estimate of drug-likeness (QED) is 0.552. The lowest BCUT2D eigenvalue weighted by molar-refractivity contribution is -0.121. The molecule has 1 aliphatic carbocycles. The summed E-state index contributed by atoms with van der Waals surface area (Å²) >= 11 is 0. The number of furan rings is 1. The Balaban J connectivity index is 1.57. The molecule has 1 amide bonds. The van der Waals surface area contributed by atoms with Crippen LogP contribution in [0.1, 0.15) is 41.8 Å². The molecule has 2 rings (SSSR count). The van der Waals surface area contributed by atoms with Crippen molar-refractivity contribution < 1.29 is 18.7 Å². The number of carbonyl (C=O) groups is 2. The van der Waals surface area contributed by atoms with Gasteiger partial charge in [0, 0.05) is 12.5 Å². The lowest BCUT2D eigenvalue weighted by Crippen LogP contribution is -2.26. The standard InChI is InChI=1S/C14H20N2O4/c1-19-14(18)10-7-12(20-9-10)8-15-6-2-3-13(17)16-11-4-5-11/h7,9,11,15H,2-6,8H2,1H3,(H,16,17). The normalized spacial score (nSPS) is 14.1. The maximum Gasteiger partial charge on any atom is 0.341 e. The number of methoxy groups -OCH3 is 1. The van der Waals surface area contributed by atoms with Gasteiger partial charge in [-0.1, -0.05) is 0 Å². The van der Waals surface area contributed by atoms with Crippen LogP contribution in [-0.2, 0) is 16.1 Å². The van der Waals surface area contributed by atoms with Crippen molar-refractivity contribution in [3.8, 4) is 0 Å². The van der Waals surface area contributed by atoms with Gasteiger partial charge in [-0.2, -0.15) is 0 Å². The predicted octanol–water partition coefficient (Wildman–Crippen LogP) is 1.21. The lowest BCUT2D eigenvalue weighted by Gasteiger charge is -2.04. The molecule has 0 spiro atoms. The molecule has 0 aliphatic heterocycles. The Kier molecular flexibility index (Phi) is 5.17. The second-order valence-electron chi connectivity index (χ2n) is 4.92. The van der Waals surface area contributed by atoms with Crippen molar-refractivity contribution in [1.82, 2.24) is 10.6 Å². The Hall–Kier alpha value is -1.82. The third-order valence-electron chi connectivity index (χ3n) is 3.07. The number of carbonyl (C=O) groups excluding carboxylic acids is 2. The van der Waals surface area contributed by atoms with E-state index >= 15 is 0 Å². The molecule has 1 aromatic heterocycles. The van der Waals surface area contributed by atoms with Crippen molar-refractivity contribution in [2.24, 2.45) is 0 Å². The molecule has 0 radical (unpaired) electrons. The third-order valence-corrected chi connectivity index (χ3v) is 3.07. The predicted molar refractivity (Wildman–Crippen MR) is 72.2 cm³/mol. The van der Waals surface area contributed by atoms with Crippen LogP contribution in [0.15, 0.2) is 16.7 Å². The molecule has 2 N–H and O–H groups in total. The van der Waals surface area contributed by atoms with Crippen LogP contribution < -0.4 is 10.6 Å². The van der Waals surface area contributed by atoms with E-state index < -0.39 is 5.97 Å². The monoisotopic (exact) mass is 280 g/mol. The average Bonchev–Trinajstić information content (AvgIpc) is 3.12. The van der Waals surface area contributed by atoms with Gasteiger partial charge < -0.3 is 19.8 Å². The molecular weight excluding hydrogens is 260 g/mol. The molecule has 0 saturated heterocycles. The van der Waals surface area contributed by atoms with Crippen LogP contribution in [0.2, 0.25) is 0 Å². The van der Waals surface area contributed by atoms with E-state index in [4.69, 9.17) is 4.42 Å². The highest BCUT2D eigenvalue weighted by molar-refractivity contribution is 5.88. The van der Waals surface area contributed by atoms with Crippen LogP contribution in [0.5, 0.6) is 0 Å². The Bertz CT molecular complexity index is 465. The summed E-state index contributed by atoms with van der Waals surface area (Å²) in [4.78, 5) is 22.7. The molecule has 0 bridgehead atoms. The summed E-state index contributed by atoms with van der Waals surface area (Å²) < 4.78 is 9.83. The fraction of sp³-hybridized carbons (Fsp3) is 0.571. The number of esters is 1. The largest absolute Gasteiger partial charge is 0.467 e. The van der Waals surface area contributed by atoms with E-state index in [9.17, 15) is 9.59 Å². The smallest absolute Gasteiger partial charge is 0.341 e. The van der Waals surface area contributed by atoms with Gasteiger partial charge in [0.2, 0.25) is 5.91 Å². The molecule has 6 nitrogen and oxygen atoms in total. The zero-order valence-electron chi connectivity index (χ0n) is 11.6. The number of rotatable bonds is 8. The van der Waals surface area contributed by atoms with Crippen LogP contribution in [0.3, 0.4) is 0 Å². The Morgan fingerprint density at radius 2 is 2.25 bits per heavy atom. The van der Waals surface area contributed by atoms with Crippen molar-refractivity contribution in [3.05, 3.63) is 23.7 Å². The fourth-order valence-corrected chi connectivity index (χ4v) is 1.81. The maximum atomic E-state index is 11.4. The van der Waals surface area contributed by atoms with Crippen molar-refractivity contribution in [2.45, 2.75) is 38.3 Å². The molecule has 110 valence electrons. The van der Waals surface area contributed by atoms with Crippen LogP contribution >= 0.6 is 0 Å². The average molecular weight is 280 g/mol. The summed E-state index contributed by atoms with van der Waals surface area (Å²) in [6, 6.07) is 2.08. The lowest BCUT2D eigenvalue weighted by atomic mass is 10.3. The Labute approximate surface area is 117 Å². The molecule has 1 fully saturated rings. The summed E-state index contributed by atoms with van der Waals surface area (Å²) in [6.07, 6.45) is 4.93. The van der Waals surface area contributed by atoms with E-state index in [-0.39, 0.29) is 5.91 Å². The van der Waals surface area contributed by atoms with E-state index in [1.54, 1.807) is 6.07 Å². The van der Waals surface area contributed by atoms with E-state index in [1.807, 2.05) is 0 Å². The summed E-state index contributed by atoms with van der Waals surface area (Å²) in [5, 5.41) is 6.12. The van der Waals surface area contributed by atoms with Crippen LogP contribution in [0, 0.1) is 0 Å². The van der Waals surface area contributed by atoms with Gasteiger partial charge in [-0.3, -0.25) is 4.79 Å². The van der Waals surface area contributed by atoms with Gasteiger partial charge in [0.15, 0.2) is 0 Å². The summed E-state index contributed by atoms with van der Waals surface area (Å²) in [5.74, 6) is 0.393. The molecule has 0 unspecified atom stereocenters. The van der Waals surface area contributed by atoms with E-state index in [2.05, 4.69) is 15.4 Å². The Morgan fingerprint density at radius 1 is 1.45 bits per heavy atom. The van der Waals surface area contributed by atoms with Crippen molar-refractivity contribution in [2.75, 3.05) is 13.7 Å². The molecule has 0 aromatic carbocycles. The first-order chi connectivity index (χ1) is 9.69. The molecule has 1 aromatic rings. The van der Waals surface area contributed by atoms with Crippen molar-refractivity contribution in [1.29, 1.82) is 0 Å². The fourth-order valence-electron chi connectivity index (χ4n) is 1.81. The van der Waals surface area contributed by atoms with Gasteiger partial charge in [-0.15, -0.1) is 0 Å². The van der Waals surface area contributed by atoms with Gasteiger partial charge in [-0.05, 0) is 31.9 Å². The molecule has 1 saturated carbocycles. The SMILES string of the molecule is COC(=O)c1coc(CNCCCC(=O)NC2CC2)c1. The summed E-state index contributed by atoms with van der Waals surface area (Å²) in [5.41, 5.74) is 0.410. The van der Waals surface area contributed by atoms with Crippen LogP contribution in [0.25, 0.3) is 0 Å². The van der Waals surface area contributed by atoms with Gasteiger partial charge >= 0.3 is 5.97 Å². The van der Waals surface area contributed by atoms with Crippen molar-refractivity contribution >= 4 is 11.9 Å². The molecule has 1 aliphatic rings. The minimum Gasteiger partial charge on any atom is -0.467 e. The van der Waals surface area contributed by atoms with Gasteiger partial charge in [0.25, 0.3) is 0 Å². The zero-order chi connectivity index (χ0) is 14.4. The van der Waals surface area contributed by atoms with E-state index in [0.29, 0.717) is 30.3 Å². The third kappa shape index (κ3) is 4.70. The van der Waals surface area contributed by atoms with Crippen molar-refractivity contribution in [3.63, 3.8) is 0 Å². The number of hydrogen-bond acceptors (Lipinski definition) is 5. The minimum atomic E-state index is -0.406. The topological polar surface area (TPSA) is 80.6 Å². The maximum absolute atomic E-state index is 11.4. The van der Waals surface area contributed by atoms with Gasteiger partial charge in [0.05, 0.1) is 19.2 Å². The highest BCUT2D eigenvalue weighted by Crippen LogP contribution is 2.18. The number of amides is 1. The molecule has 0 atom stereocenters. The van der Waals surface area contributed by atoms with Gasteiger partial charge in [-0.25, -0.2) is 4.79 Å². The number of nitrogens with one attached hydrogen (secondary N) is 2. The second-order valence-corrected chi connectivity index (χ2v) is 4.92. The number of ether oxygens (including phenoxy) is 1. The molecule has 1 heterocycles. The highest BCUT2D eigenvalue weighted by Gasteiger charge is 2.22. The summed E-state index contributed by atoms with van der Waals surface area (Å²) in [7, 11) is 1.33. The highest BCUT2D eigenvalue weighted by atomic mass is 16.5. The second kappa shape index (κ2) is 7.09. The zero-order valence-corrected chi connectivity index (χ0v) is 11.6. The minimum absolute atomic E-state index is 0.125. The summed E-state index contributed by atoms with van der Waals surface area (Å²) in [6.45, 7) is 1.26. The first-order valence-electron chi connectivity index (χ1n) is 6.85. The molecule has 20 heavy (non-hydrogen) atoms. The molecule has 6 heteroatoms. The Morgan fingerprint density at radius 3 is 2.95 bits per heavy atom. The number of hydrogen-bond donors (Lipinski definition) is 2. The first kappa shape index (κ1) is 14.6. The van der Waals surface area contributed by atoms with E-state index in [0.717, 1.165) is 25.8 Å². The van der Waals surface area contributed by atoms with Gasteiger partial charge in [0.1, 0.15) is 12.0 Å². The van der Waals surface area contributed by atoms with Crippen LogP contribution in [0.4, 0.5) is 0 Å². The molecular formula is C14H20N2O4.